The van der Waals surface area contributed by atoms with Gasteiger partial charge in [-0.3, -0.25) is 9.69 Å². The molecular formula is C16H23ClN2O3. The minimum atomic E-state index is -1.01. The summed E-state index contributed by atoms with van der Waals surface area (Å²) in [5.41, 5.74) is 0.731. The number of carbonyl (C=O) groups excluding carboxylic acids is 1. The Morgan fingerprint density at radius 2 is 2.05 bits per heavy atom. The summed E-state index contributed by atoms with van der Waals surface area (Å²) >= 11 is 5.98. The summed E-state index contributed by atoms with van der Waals surface area (Å²) in [6, 6.07) is 5.58. The molecular weight excluding hydrogens is 304 g/mol. The highest BCUT2D eigenvalue weighted by Crippen LogP contribution is 2.22. The van der Waals surface area contributed by atoms with Gasteiger partial charge in [-0.2, -0.15) is 0 Å². The molecule has 0 radical (unpaired) electrons. The van der Waals surface area contributed by atoms with Crippen molar-refractivity contribution in [1.82, 2.24) is 10.2 Å². The number of carbonyl (C=O) groups is 2. The molecule has 0 aliphatic heterocycles. The van der Waals surface area contributed by atoms with E-state index in [1.165, 1.54) is 0 Å². The number of nitrogens with zero attached hydrogens (tertiary/aromatic N) is 1. The first kappa shape index (κ1) is 18.5. The fourth-order valence-electron chi connectivity index (χ4n) is 2.28. The summed E-state index contributed by atoms with van der Waals surface area (Å²) in [5, 5.41) is 12.4. The largest absolute Gasteiger partial charge is 0.480 e. The molecule has 1 aromatic rings. The molecule has 0 bridgehead atoms. The molecule has 2 N–H and O–H groups in total. The van der Waals surface area contributed by atoms with Gasteiger partial charge < -0.3 is 10.4 Å². The Morgan fingerprint density at radius 1 is 1.36 bits per heavy atom. The van der Waals surface area contributed by atoms with Gasteiger partial charge in [0.25, 0.3) is 0 Å². The van der Waals surface area contributed by atoms with Gasteiger partial charge >= 0.3 is 5.97 Å². The van der Waals surface area contributed by atoms with Crippen LogP contribution in [0.25, 0.3) is 0 Å². The second kappa shape index (κ2) is 8.76. The van der Waals surface area contributed by atoms with E-state index in [0.29, 0.717) is 11.4 Å². The van der Waals surface area contributed by atoms with E-state index >= 15 is 0 Å². The molecule has 0 aliphatic rings. The zero-order valence-corrected chi connectivity index (χ0v) is 13.9. The van der Waals surface area contributed by atoms with Crippen molar-refractivity contribution in [2.24, 2.45) is 0 Å². The Hall–Kier alpha value is -1.59. The maximum Gasteiger partial charge on any atom is 0.326 e. The van der Waals surface area contributed by atoms with Gasteiger partial charge in [-0.15, -0.1) is 0 Å². The number of likely N-dealkylation sites (N-methyl/N-ethyl adjacent to an activating group) is 1. The molecule has 6 heteroatoms. The molecule has 0 aliphatic carbocycles. The van der Waals surface area contributed by atoms with Crippen LogP contribution in [0.5, 0.6) is 0 Å². The fourth-order valence-corrected chi connectivity index (χ4v) is 2.48. The number of benzene rings is 1. The predicted molar refractivity (Wildman–Crippen MR) is 87.0 cm³/mol. The molecule has 5 nitrogen and oxygen atoms in total. The maximum absolute atomic E-state index is 12.5. The van der Waals surface area contributed by atoms with Gasteiger partial charge in [0.1, 0.15) is 12.1 Å². The Labute approximate surface area is 136 Å². The monoisotopic (exact) mass is 326 g/mol. The van der Waals surface area contributed by atoms with Crippen LogP contribution in [0.4, 0.5) is 0 Å². The molecule has 0 saturated heterocycles. The quantitative estimate of drug-likeness (QED) is 0.770. The normalized spacial score (nSPS) is 13.7. The van der Waals surface area contributed by atoms with Gasteiger partial charge in [-0.05, 0) is 38.2 Å². The van der Waals surface area contributed by atoms with E-state index in [1.54, 1.807) is 43.3 Å². The van der Waals surface area contributed by atoms with Gasteiger partial charge in [-0.1, -0.05) is 43.5 Å². The van der Waals surface area contributed by atoms with Crippen molar-refractivity contribution in [3.05, 3.63) is 34.9 Å². The van der Waals surface area contributed by atoms with Crippen LogP contribution in [0.2, 0.25) is 5.02 Å². The highest BCUT2D eigenvalue weighted by atomic mass is 35.5. The minimum absolute atomic E-state index is 0.337. The lowest BCUT2D eigenvalue weighted by molar-refractivity contribution is -0.142. The lowest BCUT2D eigenvalue weighted by Gasteiger charge is -2.26. The third-order valence-corrected chi connectivity index (χ3v) is 3.63. The van der Waals surface area contributed by atoms with Crippen molar-refractivity contribution in [3.8, 4) is 0 Å². The summed E-state index contributed by atoms with van der Waals surface area (Å²) in [7, 11) is 3.54. The minimum Gasteiger partial charge on any atom is -0.480 e. The summed E-state index contributed by atoms with van der Waals surface area (Å²) in [5.74, 6) is -1.35. The fraction of sp³-hybridized carbons (Fsp3) is 0.500. The molecule has 0 aromatic heterocycles. The molecule has 122 valence electrons. The highest BCUT2D eigenvalue weighted by Gasteiger charge is 2.27. The number of hydrogen-bond acceptors (Lipinski definition) is 3. The lowest BCUT2D eigenvalue weighted by Crippen LogP contribution is -2.45. The number of carboxylic acid groups (broad SMARTS) is 1. The Morgan fingerprint density at radius 3 is 2.55 bits per heavy atom. The first-order valence-electron chi connectivity index (χ1n) is 7.31. The van der Waals surface area contributed by atoms with Crippen LogP contribution in [-0.2, 0) is 9.59 Å². The number of unbranched alkanes of at least 4 members (excludes halogenated alkanes) is 1. The summed E-state index contributed by atoms with van der Waals surface area (Å²) < 4.78 is 0. The number of carboxylic acids is 1. The van der Waals surface area contributed by atoms with Crippen molar-refractivity contribution in [2.45, 2.75) is 38.3 Å². The highest BCUT2D eigenvalue weighted by molar-refractivity contribution is 6.30. The number of hydrogen-bond donors (Lipinski definition) is 2. The second-order valence-electron chi connectivity index (χ2n) is 5.46. The molecule has 2 atom stereocenters. The molecule has 0 saturated carbocycles. The van der Waals surface area contributed by atoms with Gasteiger partial charge in [0.15, 0.2) is 0 Å². The summed E-state index contributed by atoms with van der Waals surface area (Å²) in [6.07, 6.45) is 2.05. The smallest absolute Gasteiger partial charge is 0.326 e. The van der Waals surface area contributed by atoms with E-state index in [-0.39, 0.29) is 5.91 Å². The standard InChI is InChI=1S/C16H23ClN2O3/c1-4-5-9-13(16(21)22)18-15(20)14(19(2)3)11-7-6-8-12(17)10-11/h6-8,10,13-14H,4-5,9H2,1-3H3,(H,18,20)(H,21,22)/t13-,14?/m0/s1. The summed E-state index contributed by atoms with van der Waals surface area (Å²) in [4.78, 5) is 25.5. The van der Waals surface area contributed by atoms with Crippen LogP contribution in [0, 0.1) is 0 Å². The molecule has 0 fully saturated rings. The summed E-state index contributed by atoms with van der Waals surface area (Å²) in [6.45, 7) is 1.98. The van der Waals surface area contributed by atoms with Crippen LogP contribution in [0.1, 0.15) is 37.8 Å². The van der Waals surface area contributed by atoms with Crippen molar-refractivity contribution in [2.75, 3.05) is 14.1 Å². The topological polar surface area (TPSA) is 69.6 Å². The SMILES string of the molecule is CCCC[C@H](NC(=O)C(c1cccc(Cl)c1)N(C)C)C(=O)O. The molecule has 0 heterocycles. The molecule has 1 unspecified atom stereocenters. The van der Waals surface area contributed by atoms with E-state index in [1.807, 2.05) is 6.92 Å². The predicted octanol–water partition coefficient (Wildman–Crippen LogP) is 2.70. The first-order valence-corrected chi connectivity index (χ1v) is 7.69. The Bertz CT molecular complexity index is 520. The van der Waals surface area contributed by atoms with Crippen LogP contribution < -0.4 is 5.32 Å². The van der Waals surface area contributed by atoms with Crippen LogP contribution in [0.15, 0.2) is 24.3 Å². The van der Waals surface area contributed by atoms with E-state index in [0.717, 1.165) is 18.4 Å². The van der Waals surface area contributed by atoms with Gasteiger partial charge in [0.2, 0.25) is 5.91 Å². The lowest BCUT2D eigenvalue weighted by atomic mass is 10.0. The zero-order valence-electron chi connectivity index (χ0n) is 13.2. The first-order chi connectivity index (χ1) is 10.4. The molecule has 1 aromatic carbocycles. The van der Waals surface area contributed by atoms with Gasteiger partial charge in [0.05, 0.1) is 0 Å². The van der Waals surface area contributed by atoms with Gasteiger partial charge in [0, 0.05) is 5.02 Å². The number of amides is 1. The Kier molecular flexibility index (Phi) is 7.35. The van der Waals surface area contributed by atoms with Crippen LogP contribution in [-0.4, -0.2) is 42.0 Å². The van der Waals surface area contributed by atoms with Crippen molar-refractivity contribution < 1.29 is 14.7 Å². The molecule has 22 heavy (non-hydrogen) atoms. The van der Waals surface area contributed by atoms with E-state index in [2.05, 4.69) is 5.32 Å². The van der Waals surface area contributed by atoms with Crippen molar-refractivity contribution in [1.29, 1.82) is 0 Å². The number of nitrogens with one attached hydrogen (secondary N) is 1. The van der Waals surface area contributed by atoms with E-state index in [4.69, 9.17) is 11.6 Å². The van der Waals surface area contributed by atoms with Crippen molar-refractivity contribution >= 4 is 23.5 Å². The second-order valence-corrected chi connectivity index (χ2v) is 5.90. The molecule has 0 spiro atoms. The zero-order chi connectivity index (χ0) is 16.7. The molecule has 1 amide bonds. The van der Waals surface area contributed by atoms with Gasteiger partial charge in [-0.25, -0.2) is 4.79 Å². The maximum atomic E-state index is 12.5. The third kappa shape index (κ3) is 5.31. The van der Waals surface area contributed by atoms with Crippen LogP contribution >= 0.6 is 11.6 Å². The van der Waals surface area contributed by atoms with Crippen LogP contribution in [0.3, 0.4) is 0 Å². The average Bonchev–Trinajstić information content (AvgIpc) is 2.43. The number of rotatable bonds is 8. The van der Waals surface area contributed by atoms with E-state index in [9.17, 15) is 14.7 Å². The third-order valence-electron chi connectivity index (χ3n) is 3.39. The Balaban J connectivity index is 2.91. The van der Waals surface area contributed by atoms with E-state index < -0.39 is 18.1 Å². The number of aliphatic carboxylic acids is 1. The average molecular weight is 327 g/mol. The van der Waals surface area contributed by atoms with Crippen molar-refractivity contribution in [3.63, 3.8) is 0 Å². The molecule has 1 rings (SSSR count). The number of halogens is 1.